The summed E-state index contributed by atoms with van der Waals surface area (Å²) in [6.45, 7) is 2.87. The van der Waals surface area contributed by atoms with E-state index >= 15 is 0 Å². The van der Waals surface area contributed by atoms with E-state index in [1.165, 1.54) is 32.1 Å². The summed E-state index contributed by atoms with van der Waals surface area (Å²) >= 11 is 0. The molecule has 0 aromatic carbocycles. The Morgan fingerprint density at radius 1 is 1.12 bits per heavy atom. The van der Waals surface area contributed by atoms with Crippen molar-refractivity contribution < 1.29 is 9.90 Å². The minimum absolute atomic E-state index is 0.0686. The van der Waals surface area contributed by atoms with Gasteiger partial charge >= 0.3 is 11.7 Å². The minimum Gasteiger partial charge on any atom is -0.481 e. The third kappa shape index (κ3) is 4.74. The molecule has 1 saturated carbocycles. The van der Waals surface area contributed by atoms with E-state index in [1.54, 1.807) is 22.4 Å². The zero-order valence-corrected chi connectivity index (χ0v) is 15.2. The van der Waals surface area contributed by atoms with Gasteiger partial charge < -0.3 is 9.67 Å². The summed E-state index contributed by atoms with van der Waals surface area (Å²) in [5.74, 6) is -0.223. The molecule has 2 unspecified atom stereocenters. The highest BCUT2D eigenvalue weighted by Crippen LogP contribution is 2.56. The van der Waals surface area contributed by atoms with Crippen LogP contribution in [0.3, 0.4) is 0 Å². The lowest BCUT2D eigenvalue weighted by atomic mass is 9.95. The Bertz CT molecular complexity index is 590. The highest BCUT2D eigenvalue weighted by molar-refractivity contribution is 5.78. The van der Waals surface area contributed by atoms with Gasteiger partial charge in [0.2, 0.25) is 0 Å². The van der Waals surface area contributed by atoms with Crippen molar-refractivity contribution in [1.82, 2.24) is 9.13 Å². The largest absolute Gasteiger partial charge is 0.481 e. The molecule has 0 spiro atoms. The fourth-order valence-electron chi connectivity index (χ4n) is 3.70. The molecule has 0 amide bonds. The molecule has 0 saturated heterocycles. The number of nitrogens with zero attached hydrogens (tertiary/aromatic N) is 2. The second-order valence-corrected chi connectivity index (χ2v) is 7.53. The Balaban J connectivity index is 1.43. The maximum Gasteiger partial charge on any atom is 0.327 e. The van der Waals surface area contributed by atoms with Crippen LogP contribution >= 0.6 is 0 Å². The van der Waals surface area contributed by atoms with Crippen LogP contribution in [0.15, 0.2) is 17.2 Å². The summed E-state index contributed by atoms with van der Waals surface area (Å²) < 4.78 is 3.38. The quantitative estimate of drug-likeness (QED) is 0.590. The highest BCUT2D eigenvalue weighted by atomic mass is 16.4. The zero-order chi connectivity index (χ0) is 17.6. The van der Waals surface area contributed by atoms with E-state index in [0.29, 0.717) is 5.92 Å². The number of hydrogen-bond donors (Lipinski definition) is 1. The molecule has 1 N–H and O–H groups in total. The lowest BCUT2D eigenvalue weighted by Gasteiger charge is -2.10. The topological polar surface area (TPSA) is 64.2 Å². The molecule has 1 fully saturated rings. The molecule has 0 aliphatic heterocycles. The van der Waals surface area contributed by atoms with Gasteiger partial charge in [0.15, 0.2) is 0 Å². The Labute approximate surface area is 144 Å². The van der Waals surface area contributed by atoms with Gasteiger partial charge in [0.25, 0.3) is 0 Å². The van der Waals surface area contributed by atoms with Crippen molar-refractivity contribution in [3.63, 3.8) is 0 Å². The second kappa shape index (κ2) is 8.54. The monoisotopic (exact) mass is 336 g/mol. The second-order valence-electron chi connectivity index (χ2n) is 7.53. The van der Waals surface area contributed by atoms with Crippen LogP contribution in [0.25, 0.3) is 0 Å². The van der Waals surface area contributed by atoms with Crippen LogP contribution in [-0.4, -0.2) is 20.2 Å². The van der Waals surface area contributed by atoms with E-state index in [2.05, 4.69) is 6.92 Å². The first-order chi connectivity index (χ1) is 11.5. The number of imidazole rings is 1. The molecule has 2 atom stereocenters. The standard InChI is InChI=1S/C19H32N2O3/c1-16-15-19(16,17(22)23)11-9-7-5-3-4-6-8-10-12-21-14-13-20(2)18(21)24/h13-14,16H,3-12,15H2,1-2H3,(H,22,23). The van der Waals surface area contributed by atoms with Crippen LogP contribution in [0.2, 0.25) is 0 Å². The van der Waals surface area contributed by atoms with Crippen LogP contribution < -0.4 is 5.69 Å². The van der Waals surface area contributed by atoms with Gasteiger partial charge in [-0.3, -0.25) is 9.36 Å². The average Bonchev–Trinajstić information content (AvgIpc) is 3.11. The van der Waals surface area contributed by atoms with E-state index in [9.17, 15) is 14.7 Å². The molecular formula is C19H32N2O3. The van der Waals surface area contributed by atoms with Crippen molar-refractivity contribution in [3.8, 4) is 0 Å². The molecule has 0 bridgehead atoms. The predicted octanol–water partition coefficient (Wildman–Crippen LogP) is 3.81. The first-order valence-electron chi connectivity index (χ1n) is 9.42. The smallest absolute Gasteiger partial charge is 0.327 e. The molecule has 5 nitrogen and oxygen atoms in total. The van der Waals surface area contributed by atoms with Crippen molar-refractivity contribution >= 4 is 5.97 Å². The number of aryl methyl sites for hydroxylation is 2. The Kier molecular flexibility index (Phi) is 6.69. The third-order valence-electron chi connectivity index (χ3n) is 5.67. The lowest BCUT2D eigenvalue weighted by Crippen LogP contribution is -2.21. The average molecular weight is 336 g/mol. The normalized spacial score (nSPS) is 22.7. The van der Waals surface area contributed by atoms with E-state index in [1.807, 2.05) is 6.20 Å². The fourth-order valence-corrected chi connectivity index (χ4v) is 3.70. The van der Waals surface area contributed by atoms with Crippen LogP contribution in [0.5, 0.6) is 0 Å². The van der Waals surface area contributed by atoms with Crippen molar-refractivity contribution in [2.45, 2.75) is 77.7 Å². The molecule has 1 heterocycles. The molecule has 5 heteroatoms. The van der Waals surface area contributed by atoms with Crippen molar-refractivity contribution in [3.05, 3.63) is 22.9 Å². The zero-order valence-electron chi connectivity index (χ0n) is 15.2. The summed E-state index contributed by atoms with van der Waals surface area (Å²) in [6.07, 6.45) is 14.7. The highest BCUT2D eigenvalue weighted by Gasteiger charge is 2.56. The number of aromatic nitrogens is 2. The van der Waals surface area contributed by atoms with Gasteiger partial charge in [-0.2, -0.15) is 0 Å². The molecule has 24 heavy (non-hydrogen) atoms. The van der Waals surface area contributed by atoms with E-state index < -0.39 is 5.97 Å². The summed E-state index contributed by atoms with van der Waals surface area (Å²) in [7, 11) is 1.78. The summed E-state index contributed by atoms with van der Waals surface area (Å²) in [6, 6.07) is 0. The van der Waals surface area contributed by atoms with Gasteiger partial charge in [-0.25, -0.2) is 4.79 Å². The number of rotatable bonds is 12. The maximum absolute atomic E-state index is 11.7. The molecule has 0 radical (unpaired) electrons. The van der Waals surface area contributed by atoms with Gasteiger partial charge in [0, 0.05) is 26.0 Å². The van der Waals surface area contributed by atoms with Crippen molar-refractivity contribution in [2.75, 3.05) is 0 Å². The van der Waals surface area contributed by atoms with E-state index in [-0.39, 0.29) is 11.1 Å². The first-order valence-corrected chi connectivity index (χ1v) is 9.42. The fraction of sp³-hybridized carbons (Fsp3) is 0.789. The maximum atomic E-state index is 11.7. The van der Waals surface area contributed by atoms with Crippen molar-refractivity contribution in [1.29, 1.82) is 0 Å². The molecule has 2 rings (SSSR count). The van der Waals surface area contributed by atoms with Crippen LogP contribution in [0.1, 0.15) is 71.1 Å². The molecule has 1 aromatic heterocycles. The van der Waals surface area contributed by atoms with Gasteiger partial charge in [0.05, 0.1) is 5.41 Å². The molecule has 1 aromatic rings. The Morgan fingerprint density at radius 2 is 1.67 bits per heavy atom. The number of carbonyl (C=O) groups is 1. The number of carboxylic acid groups (broad SMARTS) is 1. The van der Waals surface area contributed by atoms with Gasteiger partial charge in [0.1, 0.15) is 0 Å². The number of aliphatic carboxylic acids is 1. The van der Waals surface area contributed by atoms with E-state index in [4.69, 9.17) is 0 Å². The summed E-state index contributed by atoms with van der Waals surface area (Å²) in [5.41, 5.74) is -0.311. The number of carboxylic acids is 1. The van der Waals surface area contributed by atoms with Crippen LogP contribution in [0, 0.1) is 11.3 Å². The number of hydrogen-bond acceptors (Lipinski definition) is 2. The molecule has 136 valence electrons. The van der Waals surface area contributed by atoms with E-state index in [0.717, 1.165) is 38.6 Å². The summed E-state index contributed by atoms with van der Waals surface area (Å²) in [5, 5.41) is 9.28. The first kappa shape index (κ1) is 18.8. The SMILES string of the molecule is CC1CC1(CCCCCCCCCCn1ccn(C)c1=O)C(=O)O. The van der Waals surface area contributed by atoms with Crippen LogP contribution in [-0.2, 0) is 18.4 Å². The predicted molar refractivity (Wildman–Crippen MR) is 95.1 cm³/mol. The van der Waals surface area contributed by atoms with Crippen LogP contribution in [0.4, 0.5) is 0 Å². The Hall–Kier alpha value is -1.52. The minimum atomic E-state index is -0.590. The summed E-state index contributed by atoms with van der Waals surface area (Å²) in [4.78, 5) is 22.9. The van der Waals surface area contributed by atoms with Gasteiger partial charge in [-0.05, 0) is 25.2 Å². The molecule has 1 aliphatic rings. The van der Waals surface area contributed by atoms with Crippen molar-refractivity contribution in [2.24, 2.45) is 18.4 Å². The third-order valence-corrected chi connectivity index (χ3v) is 5.67. The molecule has 1 aliphatic carbocycles. The molecular weight excluding hydrogens is 304 g/mol. The lowest BCUT2D eigenvalue weighted by molar-refractivity contribution is -0.144. The Morgan fingerprint density at radius 3 is 2.12 bits per heavy atom. The van der Waals surface area contributed by atoms with Gasteiger partial charge in [-0.1, -0.05) is 51.9 Å². The number of unbranched alkanes of at least 4 members (excludes halogenated alkanes) is 7. The van der Waals surface area contributed by atoms with Gasteiger partial charge in [-0.15, -0.1) is 0 Å².